The molecule has 0 aliphatic heterocycles. The van der Waals surface area contributed by atoms with Gasteiger partial charge in [0, 0.05) is 22.1 Å². The molecule has 3 aromatic rings. The second-order valence-electron chi connectivity index (χ2n) is 8.12. The zero-order valence-electron chi connectivity index (χ0n) is 18.5. The number of aromatic nitrogens is 1. The van der Waals surface area contributed by atoms with Gasteiger partial charge in [-0.25, -0.2) is 17.2 Å². The highest BCUT2D eigenvalue weighted by molar-refractivity contribution is 14.1. The number of sulfonamides is 1. The maximum Gasteiger partial charge on any atom is 0.254 e. The number of hydrogen-bond acceptors (Lipinski definition) is 5. The molecule has 0 bridgehead atoms. The molecule has 2 unspecified atom stereocenters. The van der Waals surface area contributed by atoms with Crippen molar-refractivity contribution in [3.05, 3.63) is 79.1 Å². The van der Waals surface area contributed by atoms with E-state index in [1.165, 1.54) is 49.1 Å². The number of hydrogen-bond donors (Lipinski definition) is 2. The minimum absolute atomic E-state index is 0.0493. The molecule has 180 valence electrons. The fourth-order valence-electron chi connectivity index (χ4n) is 3.84. The van der Waals surface area contributed by atoms with Gasteiger partial charge in [-0.15, -0.1) is 0 Å². The highest BCUT2D eigenvalue weighted by Crippen LogP contribution is 2.47. The van der Waals surface area contributed by atoms with Gasteiger partial charge in [-0.2, -0.15) is 0 Å². The van der Waals surface area contributed by atoms with E-state index in [0.29, 0.717) is 21.1 Å². The average molecular weight is 601 g/mol. The molecular weight excluding hydrogens is 579 g/mol. The summed E-state index contributed by atoms with van der Waals surface area (Å²) in [6, 6.07) is 10.2. The zero-order chi connectivity index (χ0) is 24.8. The molecule has 0 amide bonds. The topological polar surface area (TPSA) is 89.4 Å². The van der Waals surface area contributed by atoms with Crippen LogP contribution in [0, 0.1) is 22.1 Å². The number of nitrogens with one attached hydrogen (secondary N) is 2. The van der Waals surface area contributed by atoms with E-state index in [-0.39, 0.29) is 34.4 Å². The average Bonchev–Trinajstić information content (AvgIpc) is 3.58. The molecule has 1 aliphatic rings. The van der Waals surface area contributed by atoms with E-state index in [1.807, 2.05) is 22.6 Å². The van der Waals surface area contributed by atoms with Crippen molar-refractivity contribution in [3.63, 3.8) is 0 Å². The highest BCUT2D eigenvalue weighted by atomic mass is 127. The maximum atomic E-state index is 14.5. The van der Waals surface area contributed by atoms with Gasteiger partial charge in [0.2, 0.25) is 10.0 Å². The van der Waals surface area contributed by atoms with E-state index in [1.54, 1.807) is 19.1 Å². The monoisotopic (exact) mass is 601 g/mol. The first-order valence-corrected chi connectivity index (χ1v) is 12.9. The predicted octanol–water partition coefficient (Wildman–Crippen LogP) is 4.63. The maximum absolute atomic E-state index is 14.5. The third-order valence-electron chi connectivity index (χ3n) is 5.76. The summed E-state index contributed by atoms with van der Waals surface area (Å²) >= 11 is 1.98. The number of ether oxygens (including phenoxy) is 1. The van der Waals surface area contributed by atoms with Crippen LogP contribution >= 0.6 is 22.6 Å². The Balaban J connectivity index is 1.65. The Morgan fingerprint density at radius 1 is 1.09 bits per heavy atom. The number of rotatable bonds is 7. The van der Waals surface area contributed by atoms with Gasteiger partial charge < -0.3 is 10.1 Å². The van der Waals surface area contributed by atoms with Gasteiger partial charge in [0.15, 0.2) is 11.6 Å². The SMILES string of the molecule is COc1cc(C2CC2S(=O)(=O)Nc2cc(C)c(=O)n(C)c2Nc2ccc(I)cc2F)ccc1F. The minimum Gasteiger partial charge on any atom is -0.494 e. The molecule has 1 aliphatic carbocycles. The third-order valence-corrected chi connectivity index (χ3v) is 8.26. The van der Waals surface area contributed by atoms with Crippen molar-refractivity contribution in [2.75, 3.05) is 17.1 Å². The van der Waals surface area contributed by atoms with Crippen LogP contribution in [0.5, 0.6) is 5.75 Å². The predicted molar refractivity (Wildman–Crippen MR) is 135 cm³/mol. The lowest BCUT2D eigenvalue weighted by atomic mass is 10.1. The Hall–Kier alpha value is -2.67. The van der Waals surface area contributed by atoms with Gasteiger partial charge in [0.1, 0.15) is 11.6 Å². The van der Waals surface area contributed by atoms with Crippen molar-refractivity contribution in [2.24, 2.45) is 7.05 Å². The molecule has 34 heavy (non-hydrogen) atoms. The first kappa shape index (κ1) is 24.5. The summed E-state index contributed by atoms with van der Waals surface area (Å²) in [5, 5.41) is 2.10. The van der Waals surface area contributed by atoms with E-state index in [9.17, 15) is 22.0 Å². The van der Waals surface area contributed by atoms with Crippen molar-refractivity contribution in [2.45, 2.75) is 24.5 Å². The number of aryl methyl sites for hydroxylation is 1. The lowest BCUT2D eigenvalue weighted by Crippen LogP contribution is -2.26. The number of nitrogens with zero attached hydrogens (tertiary/aromatic N) is 1. The Kier molecular flexibility index (Phi) is 6.60. The van der Waals surface area contributed by atoms with Gasteiger partial charge in [0.05, 0.1) is 23.7 Å². The van der Waals surface area contributed by atoms with E-state index in [2.05, 4.69) is 10.0 Å². The number of pyridine rings is 1. The molecular formula is C23H22F2IN3O4S. The van der Waals surface area contributed by atoms with Gasteiger partial charge in [0.25, 0.3) is 5.56 Å². The molecule has 0 radical (unpaired) electrons. The molecule has 1 heterocycles. The van der Waals surface area contributed by atoms with Crippen LogP contribution < -0.4 is 20.3 Å². The Morgan fingerprint density at radius 2 is 1.82 bits per heavy atom. The van der Waals surface area contributed by atoms with Crippen molar-refractivity contribution < 1.29 is 21.9 Å². The van der Waals surface area contributed by atoms with Crippen LogP contribution in [0.25, 0.3) is 0 Å². The van der Waals surface area contributed by atoms with Crippen LogP contribution in [0.2, 0.25) is 0 Å². The first-order valence-electron chi connectivity index (χ1n) is 10.3. The number of halogens is 3. The molecule has 1 saturated carbocycles. The molecule has 11 heteroatoms. The largest absolute Gasteiger partial charge is 0.494 e. The molecule has 4 rings (SSSR count). The minimum atomic E-state index is -3.88. The zero-order valence-corrected chi connectivity index (χ0v) is 21.5. The lowest BCUT2D eigenvalue weighted by molar-refractivity contribution is 0.386. The van der Waals surface area contributed by atoms with Crippen LogP contribution in [0.3, 0.4) is 0 Å². The molecule has 2 N–H and O–H groups in total. The normalized spacial score (nSPS) is 17.4. The summed E-state index contributed by atoms with van der Waals surface area (Å²) in [5.74, 6) is -1.23. The number of methoxy groups -OCH3 is 1. The van der Waals surface area contributed by atoms with Crippen LogP contribution in [0.1, 0.15) is 23.5 Å². The second kappa shape index (κ2) is 9.17. The fraction of sp³-hybridized carbons (Fsp3) is 0.261. The standard InChI is InChI=1S/C23H22F2IN3O4S/c1-12-8-19(22(29(2)23(12)30)27-18-7-5-14(26)10-17(18)25)28-34(31,32)21-11-15(21)13-4-6-16(24)20(9-13)33-3/h4-10,15,21,27-28H,11H2,1-3H3. The molecule has 7 nitrogen and oxygen atoms in total. The van der Waals surface area contributed by atoms with Crippen LogP contribution in [0.4, 0.5) is 26.0 Å². The third kappa shape index (κ3) is 4.76. The Labute approximate surface area is 209 Å². The molecule has 1 fully saturated rings. The number of benzene rings is 2. The number of anilines is 3. The first-order chi connectivity index (χ1) is 16.0. The molecule has 0 saturated heterocycles. The molecule has 2 aromatic carbocycles. The Bertz CT molecular complexity index is 1440. The summed E-state index contributed by atoms with van der Waals surface area (Å²) in [6.45, 7) is 1.57. The summed E-state index contributed by atoms with van der Waals surface area (Å²) in [4.78, 5) is 12.5. The fourth-order valence-corrected chi connectivity index (χ4v) is 5.96. The summed E-state index contributed by atoms with van der Waals surface area (Å²) in [5.41, 5.74) is 0.857. The van der Waals surface area contributed by atoms with Gasteiger partial charge >= 0.3 is 0 Å². The summed E-state index contributed by atoms with van der Waals surface area (Å²) < 4.78 is 64.1. The molecule has 0 spiro atoms. The van der Waals surface area contributed by atoms with Gasteiger partial charge in [-0.3, -0.25) is 14.1 Å². The summed E-state index contributed by atoms with van der Waals surface area (Å²) in [7, 11) is -1.06. The van der Waals surface area contributed by atoms with Crippen molar-refractivity contribution in [3.8, 4) is 5.75 Å². The second-order valence-corrected chi connectivity index (χ2v) is 11.3. The van der Waals surface area contributed by atoms with E-state index in [0.717, 1.165) is 0 Å². The van der Waals surface area contributed by atoms with E-state index in [4.69, 9.17) is 4.74 Å². The smallest absolute Gasteiger partial charge is 0.254 e. The van der Waals surface area contributed by atoms with Crippen LogP contribution in [-0.4, -0.2) is 25.3 Å². The lowest BCUT2D eigenvalue weighted by Gasteiger charge is -2.19. The Morgan fingerprint density at radius 3 is 2.50 bits per heavy atom. The van der Waals surface area contributed by atoms with Gasteiger partial charge in [-0.05, 0) is 77.9 Å². The summed E-state index contributed by atoms with van der Waals surface area (Å²) in [6.07, 6.45) is 0.351. The van der Waals surface area contributed by atoms with Crippen molar-refractivity contribution in [1.82, 2.24) is 4.57 Å². The van der Waals surface area contributed by atoms with Gasteiger partial charge in [-0.1, -0.05) is 6.07 Å². The van der Waals surface area contributed by atoms with Crippen LogP contribution in [0.15, 0.2) is 47.3 Å². The van der Waals surface area contributed by atoms with Crippen molar-refractivity contribution in [1.29, 1.82) is 0 Å². The quantitative estimate of drug-likeness (QED) is 0.386. The van der Waals surface area contributed by atoms with E-state index < -0.39 is 26.9 Å². The highest BCUT2D eigenvalue weighted by Gasteiger charge is 2.48. The van der Waals surface area contributed by atoms with E-state index >= 15 is 0 Å². The van der Waals surface area contributed by atoms with Crippen LogP contribution in [-0.2, 0) is 17.1 Å². The molecule has 1 aromatic heterocycles. The molecule has 2 atom stereocenters. The van der Waals surface area contributed by atoms with Crippen molar-refractivity contribution >= 4 is 49.8 Å².